The van der Waals surface area contributed by atoms with Crippen molar-refractivity contribution in [2.75, 3.05) is 38.4 Å². The van der Waals surface area contributed by atoms with Gasteiger partial charge >= 0.3 is 7.60 Å². The highest BCUT2D eigenvalue weighted by atomic mass is 31.2. The van der Waals surface area contributed by atoms with Crippen molar-refractivity contribution in [1.29, 1.82) is 5.26 Å². The Hall–Kier alpha value is -2.33. The van der Waals surface area contributed by atoms with E-state index < -0.39 is 7.60 Å². The van der Waals surface area contributed by atoms with Crippen LogP contribution < -0.4 is 14.4 Å². The van der Waals surface area contributed by atoms with E-state index in [9.17, 15) is 9.83 Å². The predicted octanol–water partition coefficient (Wildman–Crippen LogP) is 2.91. The van der Waals surface area contributed by atoms with Gasteiger partial charge in [0.2, 0.25) is 0 Å². The quantitative estimate of drug-likeness (QED) is 0.705. The molecule has 0 unspecified atom stereocenters. The number of ether oxygens (including phenoxy) is 2. The van der Waals surface area contributed by atoms with E-state index in [1.165, 1.54) is 0 Å². The molecule has 0 saturated carbocycles. The van der Waals surface area contributed by atoms with Gasteiger partial charge in [0.1, 0.15) is 23.1 Å². The highest BCUT2D eigenvalue weighted by Gasteiger charge is 2.26. The van der Waals surface area contributed by atoms with E-state index in [0.717, 1.165) is 23.9 Å². The number of methoxy groups -OCH3 is 2. The Morgan fingerprint density at radius 1 is 1.29 bits per heavy atom. The Kier molecular flexibility index (Phi) is 6.09. The lowest BCUT2D eigenvalue weighted by Crippen LogP contribution is -2.34. The van der Waals surface area contributed by atoms with Gasteiger partial charge in [-0.2, -0.15) is 5.26 Å². The molecular weight excluding hydrogens is 381 g/mol. The second kappa shape index (κ2) is 8.36. The summed E-state index contributed by atoms with van der Waals surface area (Å²) in [6.45, 7) is 1.41. The molecule has 1 saturated heterocycles. The van der Waals surface area contributed by atoms with Crippen LogP contribution in [0.3, 0.4) is 0 Å². The molecule has 0 spiro atoms. The summed E-state index contributed by atoms with van der Waals surface area (Å²) >= 11 is 0. The molecule has 1 aromatic carbocycles. The Morgan fingerprint density at radius 3 is 2.57 bits per heavy atom. The first-order chi connectivity index (χ1) is 13.4. The van der Waals surface area contributed by atoms with E-state index in [2.05, 4.69) is 16.0 Å². The summed E-state index contributed by atoms with van der Waals surface area (Å²) in [5.74, 6) is 1.47. The maximum Gasteiger partial charge on any atom is 0.325 e. The number of benzene rings is 1. The number of anilines is 1. The Labute approximate surface area is 163 Å². The predicted molar refractivity (Wildman–Crippen MR) is 106 cm³/mol. The topological polar surface area (TPSA) is 116 Å². The molecule has 150 valence electrons. The standard InChI is InChI=1S/C19H24N3O5P/c1-26-15-9-16-18(17(10-15)27-2)21-12-14(11-20)19(16)22-6-3-13(4-7-22)5-8-28(23,24)25/h9-10,12-13H,3-8H2,1-2H3,(H2,23,24,25). The second-order valence-corrected chi connectivity index (χ2v) is 8.74. The monoisotopic (exact) mass is 405 g/mol. The van der Waals surface area contributed by atoms with Crippen LogP contribution in [0.4, 0.5) is 5.69 Å². The molecule has 3 rings (SSSR count). The number of nitriles is 1. The zero-order valence-corrected chi connectivity index (χ0v) is 16.9. The summed E-state index contributed by atoms with van der Waals surface area (Å²) in [4.78, 5) is 24.8. The van der Waals surface area contributed by atoms with E-state index >= 15 is 0 Å². The van der Waals surface area contributed by atoms with E-state index in [-0.39, 0.29) is 12.1 Å². The van der Waals surface area contributed by atoms with Crippen molar-refractivity contribution in [3.8, 4) is 17.6 Å². The van der Waals surface area contributed by atoms with Gasteiger partial charge in [0, 0.05) is 30.7 Å². The fourth-order valence-corrected chi connectivity index (χ4v) is 4.43. The first-order valence-corrected chi connectivity index (χ1v) is 10.9. The molecule has 28 heavy (non-hydrogen) atoms. The van der Waals surface area contributed by atoms with Gasteiger partial charge in [0.05, 0.1) is 31.6 Å². The van der Waals surface area contributed by atoms with Crippen molar-refractivity contribution in [3.63, 3.8) is 0 Å². The lowest BCUT2D eigenvalue weighted by Gasteiger charge is -2.34. The van der Waals surface area contributed by atoms with Crippen LogP contribution in [0.1, 0.15) is 24.8 Å². The minimum atomic E-state index is -3.96. The minimum absolute atomic E-state index is 0.0757. The molecule has 0 radical (unpaired) electrons. The lowest BCUT2D eigenvalue weighted by atomic mass is 9.93. The Bertz CT molecular complexity index is 945. The van der Waals surface area contributed by atoms with Crippen molar-refractivity contribution in [3.05, 3.63) is 23.9 Å². The molecule has 8 nitrogen and oxygen atoms in total. The lowest BCUT2D eigenvalue weighted by molar-refractivity contribution is 0.350. The Morgan fingerprint density at radius 2 is 2.00 bits per heavy atom. The van der Waals surface area contributed by atoms with Gasteiger partial charge < -0.3 is 24.2 Å². The molecule has 9 heteroatoms. The number of hydrogen-bond donors (Lipinski definition) is 2. The van der Waals surface area contributed by atoms with Gasteiger partial charge in [-0.3, -0.25) is 9.55 Å². The van der Waals surface area contributed by atoms with Gasteiger partial charge in [0.15, 0.2) is 0 Å². The number of hydrogen-bond acceptors (Lipinski definition) is 6. The van der Waals surface area contributed by atoms with Gasteiger partial charge in [-0.25, -0.2) is 0 Å². The smallest absolute Gasteiger partial charge is 0.325 e. The molecular formula is C19H24N3O5P. The average molecular weight is 405 g/mol. The van der Waals surface area contributed by atoms with E-state index in [0.29, 0.717) is 42.1 Å². The zero-order valence-electron chi connectivity index (χ0n) is 16.0. The normalized spacial score (nSPS) is 15.5. The number of fused-ring (bicyclic) bond motifs is 1. The van der Waals surface area contributed by atoms with Gasteiger partial charge in [0.25, 0.3) is 0 Å². The molecule has 0 bridgehead atoms. The van der Waals surface area contributed by atoms with Crippen LogP contribution in [-0.4, -0.2) is 48.2 Å². The molecule has 0 atom stereocenters. The van der Waals surface area contributed by atoms with Crippen molar-refractivity contribution in [2.24, 2.45) is 5.92 Å². The third-order valence-corrected chi connectivity index (χ3v) is 6.06. The van der Waals surface area contributed by atoms with E-state index in [1.807, 2.05) is 6.07 Å². The van der Waals surface area contributed by atoms with E-state index in [1.54, 1.807) is 26.5 Å². The first kappa shape index (κ1) is 20.4. The number of aromatic nitrogens is 1. The molecule has 2 aromatic rings. The zero-order chi connectivity index (χ0) is 20.3. The molecule has 1 fully saturated rings. The van der Waals surface area contributed by atoms with Crippen molar-refractivity contribution in [1.82, 2.24) is 4.98 Å². The van der Waals surface area contributed by atoms with Gasteiger partial charge in [-0.1, -0.05) is 0 Å². The number of nitrogens with zero attached hydrogens (tertiary/aromatic N) is 3. The van der Waals surface area contributed by atoms with Gasteiger partial charge in [-0.05, 0) is 31.2 Å². The number of pyridine rings is 1. The van der Waals surface area contributed by atoms with Crippen LogP contribution in [0, 0.1) is 17.2 Å². The molecule has 2 heterocycles. The third-order valence-electron chi connectivity index (χ3n) is 5.22. The van der Waals surface area contributed by atoms with Crippen LogP contribution in [0.25, 0.3) is 10.9 Å². The van der Waals surface area contributed by atoms with Crippen LogP contribution >= 0.6 is 7.60 Å². The SMILES string of the molecule is COc1cc(OC)c2ncc(C#N)c(N3CCC(CCP(=O)(O)O)CC3)c2c1. The summed E-state index contributed by atoms with van der Waals surface area (Å²) in [6, 6.07) is 5.85. The molecule has 2 N–H and O–H groups in total. The molecule has 1 aromatic heterocycles. The number of piperidine rings is 1. The summed E-state index contributed by atoms with van der Waals surface area (Å²) in [7, 11) is -0.814. The highest BCUT2D eigenvalue weighted by molar-refractivity contribution is 7.51. The van der Waals surface area contributed by atoms with E-state index in [4.69, 9.17) is 19.3 Å². The summed E-state index contributed by atoms with van der Waals surface area (Å²) in [5.41, 5.74) is 1.95. The van der Waals surface area contributed by atoms with Crippen molar-refractivity contribution >= 4 is 24.2 Å². The summed E-state index contributed by atoms with van der Waals surface area (Å²) in [6.07, 6.45) is 3.63. The van der Waals surface area contributed by atoms with Crippen molar-refractivity contribution < 1.29 is 23.8 Å². The number of rotatable bonds is 6. The molecule has 0 amide bonds. The fourth-order valence-electron chi connectivity index (χ4n) is 3.72. The fraction of sp³-hybridized carbons (Fsp3) is 0.474. The van der Waals surface area contributed by atoms with Gasteiger partial charge in [-0.15, -0.1) is 0 Å². The molecule has 0 aliphatic carbocycles. The van der Waals surface area contributed by atoms with Crippen LogP contribution in [0.2, 0.25) is 0 Å². The second-order valence-electron chi connectivity index (χ2n) is 6.97. The maximum atomic E-state index is 11.1. The Balaban J connectivity index is 1.92. The molecule has 1 aliphatic rings. The van der Waals surface area contributed by atoms with Crippen LogP contribution in [-0.2, 0) is 4.57 Å². The maximum absolute atomic E-state index is 11.1. The van der Waals surface area contributed by atoms with Crippen LogP contribution in [0.5, 0.6) is 11.5 Å². The highest BCUT2D eigenvalue weighted by Crippen LogP contribution is 2.40. The third kappa shape index (κ3) is 4.39. The summed E-state index contributed by atoms with van der Waals surface area (Å²) < 4.78 is 22.0. The molecule has 1 aliphatic heterocycles. The summed E-state index contributed by atoms with van der Waals surface area (Å²) in [5, 5.41) is 10.4. The largest absolute Gasteiger partial charge is 0.497 e. The first-order valence-electron chi connectivity index (χ1n) is 9.10. The van der Waals surface area contributed by atoms with Crippen molar-refractivity contribution in [2.45, 2.75) is 19.3 Å². The average Bonchev–Trinajstić information content (AvgIpc) is 2.70. The minimum Gasteiger partial charge on any atom is -0.497 e. The van der Waals surface area contributed by atoms with Crippen LogP contribution in [0.15, 0.2) is 18.3 Å².